The topological polar surface area (TPSA) is 179 Å². The molecule has 7 rings (SSSR count). The van der Waals surface area contributed by atoms with Crippen LogP contribution < -0.4 is 11.1 Å². The Hall–Kier alpha value is -5.71. The van der Waals surface area contributed by atoms with Crippen molar-refractivity contribution >= 4 is 87.1 Å². The minimum atomic E-state index is -0.508. The van der Waals surface area contributed by atoms with Crippen LogP contribution >= 0.6 is 58.8 Å². The largest absolute Gasteiger partial charge is 0.399 e. The molecular weight excluding hydrogens is 983 g/mol. The van der Waals surface area contributed by atoms with Crippen LogP contribution in [0, 0.1) is 4.77 Å². The predicted molar refractivity (Wildman–Crippen MR) is 292 cm³/mol. The summed E-state index contributed by atoms with van der Waals surface area (Å²) >= 11 is 21.5. The van der Waals surface area contributed by atoms with Crippen molar-refractivity contribution in [1.29, 1.82) is 0 Å². The molecule has 18 heteroatoms. The Bertz CT molecular complexity index is 2680. The molecule has 0 spiro atoms. The highest BCUT2D eigenvalue weighted by molar-refractivity contribution is 7.99. The first-order valence-corrected chi connectivity index (χ1v) is 25.5. The highest BCUT2D eigenvalue weighted by atomic mass is 35.5. The number of pyridine rings is 2. The van der Waals surface area contributed by atoms with Gasteiger partial charge < -0.3 is 20.2 Å². The first-order valence-electron chi connectivity index (χ1n) is 22.7. The maximum absolute atomic E-state index is 12.4. The molecule has 4 heterocycles. The lowest BCUT2D eigenvalue weighted by Crippen LogP contribution is -2.12. The third-order valence-corrected chi connectivity index (χ3v) is 12.1. The van der Waals surface area contributed by atoms with Gasteiger partial charge in [0.1, 0.15) is 11.7 Å². The van der Waals surface area contributed by atoms with Crippen molar-refractivity contribution in [1.82, 2.24) is 39.5 Å². The van der Waals surface area contributed by atoms with E-state index in [0.29, 0.717) is 34.7 Å². The second kappa shape index (κ2) is 31.5. The summed E-state index contributed by atoms with van der Waals surface area (Å²) in [5.74, 6) is 3.52. The Labute approximate surface area is 436 Å². The van der Waals surface area contributed by atoms with E-state index in [4.69, 9.17) is 52.8 Å². The summed E-state index contributed by atoms with van der Waals surface area (Å²) in [6, 6.07) is 31.8. The number of rotatable bonds is 15. The molecule has 3 aromatic carbocycles. The van der Waals surface area contributed by atoms with E-state index in [2.05, 4.69) is 101 Å². The van der Waals surface area contributed by atoms with Crippen LogP contribution in [0.15, 0.2) is 127 Å². The SMILES string of the molecule is CC(C)c1ccc(N)cc1.CC(C)c1ccc(NC(=O)CCl)cc1.CCn1c(-c2cccnc2)n[nH]c1=S.CCn1c(SCC(=O)Cc2ccc(C(C)C)cc2)nnc1-c1cccnc1.O=C(Cl)CCl. The van der Waals surface area contributed by atoms with Crippen molar-refractivity contribution < 1.29 is 14.4 Å². The molecule has 70 heavy (non-hydrogen) atoms. The number of Topliss-reactive ketones (excluding diaryl/α,β-unsaturated/α-hetero) is 1. The molecule has 4 aromatic heterocycles. The van der Waals surface area contributed by atoms with Gasteiger partial charge >= 0.3 is 0 Å². The van der Waals surface area contributed by atoms with Crippen molar-refractivity contribution in [3.8, 4) is 22.8 Å². The Morgan fingerprint density at radius 2 is 1.19 bits per heavy atom. The zero-order chi connectivity index (χ0) is 51.6. The quantitative estimate of drug-likeness (QED) is 0.0292. The molecule has 0 saturated carbocycles. The number of hydrogen-bond donors (Lipinski definition) is 3. The fraction of sp³-hybridized carbons (Fsp3) is 0.327. The molecule has 0 bridgehead atoms. The van der Waals surface area contributed by atoms with E-state index in [-0.39, 0.29) is 23.5 Å². The molecule has 0 aliphatic rings. The number of halogens is 3. The Balaban J connectivity index is 0.000000256. The number of carbonyl (C=O) groups excluding carboxylic acids is 3. The summed E-state index contributed by atoms with van der Waals surface area (Å²) < 4.78 is 4.60. The number of hydrogen-bond acceptors (Lipinski definition) is 11. The number of thioether (sulfide) groups is 1. The van der Waals surface area contributed by atoms with Crippen LogP contribution in [0.3, 0.4) is 0 Å². The third kappa shape index (κ3) is 20.3. The zero-order valence-electron chi connectivity index (χ0n) is 40.9. The molecule has 0 radical (unpaired) electrons. The van der Waals surface area contributed by atoms with Gasteiger partial charge in [0.15, 0.2) is 21.6 Å². The normalized spacial score (nSPS) is 10.4. The smallest absolute Gasteiger partial charge is 0.239 e. The van der Waals surface area contributed by atoms with Gasteiger partial charge in [-0.3, -0.25) is 29.5 Å². The van der Waals surface area contributed by atoms with Gasteiger partial charge in [0.25, 0.3) is 0 Å². The van der Waals surface area contributed by atoms with Crippen LogP contribution in [0.1, 0.15) is 95.4 Å². The van der Waals surface area contributed by atoms with E-state index in [1.807, 2.05) is 95.8 Å². The molecule has 0 aliphatic carbocycles. The van der Waals surface area contributed by atoms with Gasteiger partial charge in [0, 0.05) is 66.8 Å². The molecule has 4 N–H and O–H groups in total. The number of carbonyl (C=O) groups is 3. The van der Waals surface area contributed by atoms with E-state index in [9.17, 15) is 14.4 Å². The van der Waals surface area contributed by atoms with Crippen LogP contribution in [0.25, 0.3) is 22.8 Å². The van der Waals surface area contributed by atoms with Gasteiger partial charge in [-0.15, -0.1) is 33.4 Å². The van der Waals surface area contributed by atoms with Crippen LogP contribution in [-0.2, 0) is 33.9 Å². The average Bonchev–Trinajstić information content (AvgIpc) is 3.97. The fourth-order valence-corrected chi connectivity index (χ4v) is 7.38. The molecule has 0 atom stereocenters. The first-order chi connectivity index (χ1) is 33.5. The zero-order valence-corrected chi connectivity index (χ0v) is 44.8. The second-order valence-corrected chi connectivity index (χ2v) is 18.6. The van der Waals surface area contributed by atoms with Crippen LogP contribution in [0.2, 0.25) is 0 Å². The average molecular weight is 1050 g/mol. The highest BCUT2D eigenvalue weighted by Gasteiger charge is 2.15. The monoisotopic (exact) mass is 1040 g/mol. The molecule has 0 fully saturated rings. The van der Waals surface area contributed by atoms with Crippen LogP contribution in [0.5, 0.6) is 0 Å². The van der Waals surface area contributed by atoms with Gasteiger partial charge in [-0.2, -0.15) is 5.10 Å². The minimum Gasteiger partial charge on any atom is -0.399 e. The molecule has 0 aliphatic heterocycles. The summed E-state index contributed by atoms with van der Waals surface area (Å²) in [5, 5.41) is 18.4. The minimum absolute atomic E-state index is 0.00800. The highest BCUT2D eigenvalue weighted by Crippen LogP contribution is 2.24. The lowest BCUT2D eigenvalue weighted by Gasteiger charge is -2.08. The van der Waals surface area contributed by atoms with Crippen molar-refractivity contribution in [2.24, 2.45) is 0 Å². The third-order valence-electron chi connectivity index (χ3n) is 10.0. The summed E-state index contributed by atoms with van der Waals surface area (Å²) in [6.07, 6.45) is 7.47. The van der Waals surface area contributed by atoms with Gasteiger partial charge in [-0.25, -0.2) is 0 Å². The maximum Gasteiger partial charge on any atom is 0.239 e. The number of alkyl halides is 2. The number of amides is 1. The van der Waals surface area contributed by atoms with Crippen molar-refractivity contribution in [3.63, 3.8) is 0 Å². The van der Waals surface area contributed by atoms with Gasteiger partial charge in [-0.05, 0) is 126 Å². The summed E-state index contributed by atoms with van der Waals surface area (Å²) in [4.78, 5) is 41.0. The Kier molecular flexibility index (Phi) is 26.4. The van der Waals surface area contributed by atoms with E-state index in [0.717, 1.165) is 58.0 Å². The van der Waals surface area contributed by atoms with E-state index in [1.54, 1.807) is 24.8 Å². The van der Waals surface area contributed by atoms with Gasteiger partial charge in [0.05, 0.1) is 11.6 Å². The molecule has 0 saturated heterocycles. The van der Waals surface area contributed by atoms with Gasteiger partial charge in [0.2, 0.25) is 11.1 Å². The second-order valence-electron chi connectivity index (χ2n) is 16.3. The lowest BCUT2D eigenvalue weighted by molar-refractivity contribution is -0.116. The van der Waals surface area contributed by atoms with Crippen molar-refractivity contribution in [3.05, 3.63) is 149 Å². The van der Waals surface area contributed by atoms with Crippen LogP contribution in [-0.4, -0.2) is 73.9 Å². The molecular formula is C52H63Cl3N10O3S2. The number of aromatic amines is 1. The number of benzene rings is 3. The summed E-state index contributed by atoms with van der Waals surface area (Å²) in [7, 11) is 0. The first kappa shape index (κ1) is 58.6. The van der Waals surface area contributed by atoms with Crippen molar-refractivity contribution in [2.75, 3.05) is 28.6 Å². The molecule has 0 unspecified atom stereocenters. The van der Waals surface area contributed by atoms with Crippen LogP contribution in [0.4, 0.5) is 11.4 Å². The van der Waals surface area contributed by atoms with E-state index < -0.39 is 5.24 Å². The number of H-pyrrole nitrogens is 1. The predicted octanol–water partition coefficient (Wildman–Crippen LogP) is 12.8. The number of nitrogens with zero attached hydrogens (tertiary/aromatic N) is 7. The fourth-order valence-electron chi connectivity index (χ4n) is 6.19. The van der Waals surface area contributed by atoms with E-state index in [1.165, 1.54) is 28.5 Å². The maximum atomic E-state index is 12.4. The Morgan fingerprint density at radius 3 is 1.63 bits per heavy atom. The number of anilines is 2. The Morgan fingerprint density at radius 1 is 0.700 bits per heavy atom. The number of aromatic nitrogens is 8. The van der Waals surface area contributed by atoms with Crippen molar-refractivity contribution in [2.45, 2.75) is 97.8 Å². The standard InChI is InChI=1S/C21H24N4OS.C11H14ClNO.C9H10N4S.C9H13N.C2H2Cl2O/c1-4-25-20(18-6-5-11-22-13-18)23-24-21(25)27-14-19(26)12-16-7-9-17(10-8-16)15(2)3;1-8(2)9-3-5-10(6-4-9)13-11(14)7-12;1-2-13-8(11-12-9(13)14)7-4-3-5-10-6-7;1-7(2)8-3-5-9(10)6-4-8;3-1-2(4)5/h5-11,13,15H,4,12,14H2,1-3H3;3-6,8H,7H2,1-2H3,(H,13,14);3-6H,2H2,1H3,(H,12,14);3-7H,10H2,1-2H3;1H2. The molecule has 7 aromatic rings. The molecule has 1 amide bonds. The number of nitrogens with two attached hydrogens (primary N) is 1. The number of nitrogens with one attached hydrogen (secondary N) is 2. The summed E-state index contributed by atoms with van der Waals surface area (Å²) in [5.41, 5.74) is 14.0. The number of ketones is 1. The number of nitrogen functional groups attached to an aromatic ring is 1. The molecule has 372 valence electrons. The summed E-state index contributed by atoms with van der Waals surface area (Å²) in [6.45, 7) is 18.6. The lowest BCUT2D eigenvalue weighted by atomic mass is 10.0. The van der Waals surface area contributed by atoms with E-state index >= 15 is 0 Å². The molecule has 13 nitrogen and oxygen atoms in total. The van der Waals surface area contributed by atoms with Gasteiger partial charge in [-0.1, -0.05) is 102 Å².